The molecule has 0 saturated carbocycles. The molecule has 20 heavy (non-hydrogen) atoms. The van der Waals surface area contributed by atoms with Gasteiger partial charge in [-0.1, -0.05) is 0 Å². The molecule has 1 atom stereocenters. The number of methoxy groups -OCH3 is 1. The molecule has 1 aromatic carbocycles. The number of aryl methyl sites for hydroxylation is 1. The lowest BCUT2D eigenvalue weighted by atomic mass is 9.84. The molecule has 0 amide bonds. The minimum Gasteiger partial charge on any atom is -0.495 e. The number of ether oxygens (including phenoxy) is 1. The highest BCUT2D eigenvalue weighted by atomic mass is 79.9. The molecule has 0 aliphatic heterocycles. The zero-order valence-corrected chi connectivity index (χ0v) is 13.2. The Hall–Kier alpha value is -1.07. The molecule has 1 aliphatic carbocycles. The second kappa shape index (κ2) is 6.59. The van der Waals surface area contributed by atoms with Gasteiger partial charge in [0.15, 0.2) is 0 Å². The van der Waals surface area contributed by atoms with Gasteiger partial charge in [0.05, 0.1) is 11.6 Å². The number of nitrogens with two attached hydrogens (primary N) is 1. The molecule has 0 saturated heterocycles. The molecule has 0 spiro atoms. The fourth-order valence-electron chi connectivity index (χ4n) is 2.90. The van der Waals surface area contributed by atoms with E-state index in [1.54, 1.807) is 7.11 Å². The van der Waals surface area contributed by atoms with Crippen molar-refractivity contribution in [3.05, 3.63) is 27.2 Å². The Morgan fingerprint density at radius 1 is 1.50 bits per heavy atom. The van der Waals surface area contributed by atoms with Crippen molar-refractivity contribution < 1.29 is 14.6 Å². The quantitative estimate of drug-likeness (QED) is 0.862. The minimum absolute atomic E-state index is 0.0750. The number of carbonyl (C=O) groups is 1. The van der Waals surface area contributed by atoms with Crippen LogP contribution in [0.15, 0.2) is 10.5 Å². The van der Waals surface area contributed by atoms with Crippen molar-refractivity contribution in [1.29, 1.82) is 0 Å². The predicted molar refractivity (Wildman–Crippen MR) is 81.1 cm³/mol. The lowest BCUT2D eigenvalue weighted by Gasteiger charge is -2.26. The number of carboxylic acid groups (broad SMARTS) is 1. The molecule has 1 aliphatic rings. The summed E-state index contributed by atoms with van der Waals surface area (Å²) in [6, 6.07) is 1.81. The van der Waals surface area contributed by atoms with Gasteiger partial charge < -0.3 is 15.6 Å². The Labute approximate surface area is 127 Å². The molecule has 5 heteroatoms. The Bertz CT molecular complexity index is 516. The Balaban J connectivity index is 2.42. The average molecular weight is 342 g/mol. The first-order valence-electron chi connectivity index (χ1n) is 6.90. The zero-order valence-electron chi connectivity index (χ0n) is 11.6. The fourth-order valence-corrected chi connectivity index (χ4v) is 3.55. The molecule has 0 aromatic heterocycles. The van der Waals surface area contributed by atoms with Crippen LogP contribution < -0.4 is 10.5 Å². The first-order chi connectivity index (χ1) is 9.54. The summed E-state index contributed by atoms with van der Waals surface area (Å²) in [6.45, 7) is 0. The molecule has 0 radical (unpaired) electrons. The van der Waals surface area contributed by atoms with Crippen LogP contribution in [0.25, 0.3) is 0 Å². The van der Waals surface area contributed by atoms with E-state index in [4.69, 9.17) is 15.6 Å². The van der Waals surface area contributed by atoms with Crippen molar-refractivity contribution in [1.82, 2.24) is 0 Å². The number of fused-ring (bicyclic) bond motifs is 1. The van der Waals surface area contributed by atoms with Gasteiger partial charge in [0, 0.05) is 18.0 Å². The predicted octanol–water partition coefficient (Wildman–Crippen LogP) is 3.20. The molecule has 1 aromatic rings. The van der Waals surface area contributed by atoms with Crippen LogP contribution in [0.3, 0.4) is 0 Å². The fraction of sp³-hybridized carbons (Fsp3) is 0.533. The summed E-state index contributed by atoms with van der Waals surface area (Å²) in [5.41, 5.74) is 9.80. The van der Waals surface area contributed by atoms with Gasteiger partial charge in [-0.3, -0.25) is 4.79 Å². The van der Waals surface area contributed by atoms with Gasteiger partial charge in [0.25, 0.3) is 0 Å². The van der Waals surface area contributed by atoms with Crippen LogP contribution in [0.5, 0.6) is 5.75 Å². The number of hydrogen-bond donors (Lipinski definition) is 2. The van der Waals surface area contributed by atoms with E-state index in [0.29, 0.717) is 6.42 Å². The molecule has 1 unspecified atom stereocenters. The van der Waals surface area contributed by atoms with Crippen molar-refractivity contribution in [3.8, 4) is 5.75 Å². The SMILES string of the molecule is COc1c(Br)cc2c(c1C(N)CCC(=O)O)CCCC2. The van der Waals surface area contributed by atoms with E-state index in [1.807, 2.05) is 0 Å². The first-order valence-corrected chi connectivity index (χ1v) is 7.69. The lowest BCUT2D eigenvalue weighted by molar-refractivity contribution is -0.137. The Morgan fingerprint density at radius 2 is 2.20 bits per heavy atom. The van der Waals surface area contributed by atoms with E-state index in [0.717, 1.165) is 35.0 Å². The van der Waals surface area contributed by atoms with Crippen LogP contribution in [-0.2, 0) is 17.6 Å². The van der Waals surface area contributed by atoms with Gasteiger partial charge in [0.2, 0.25) is 0 Å². The van der Waals surface area contributed by atoms with Crippen molar-refractivity contribution in [2.75, 3.05) is 7.11 Å². The van der Waals surface area contributed by atoms with Crippen LogP contribution in [0.1, 0.15) is 48.4 Å². The zero-order chi connectivity index (χ0) is 14.7. The number of carboxylic acids is 1. The first kappa shape index (κ1) is 15.3. The average Bonchev–Trinajstić information content (AvgIpc) is 2.43. The molecular weight excluding hydrogens is 322 g/mol. The molecule has 0 fully saturated rings. The van der Waals surface area contributed by atoms with Crippen molar-refractivity contribution >= 4 is 21.9 Å². The summed E-state index contributed by atoms with van der Waals surface area (Å²) in [5, 5.41) is 8.83. The smallest absolute Gasteiger partial charge is 0.303 e. The lowest BCUT2D eigenvalue weighted by Crippen LogP contribution is -2.18. The molecule has 3 N–H and O–H groups in total. The highest BCUT2D eigenvalue weighted by Crippen LogP contribution is 2.41. The normalized spacial score (nSPS) is 15.6. The summed E-state index contributed by atoms with van der Waals surface area (Å²) >= 11 is 3.54. The second-order valence-corrected chi connectivity index (χ2v) is 6.04. The van der Waals surface area contributed by atoms with Gasteiger partial charge in [0.1, 0.15) is 5.75 Å². The van der Waals surface area contributed by atoms with Gasteiger partial charge in [-0.2, -0.15) is 0 Å². The van der Waals surface area contributed by atoms with Gasteiger partial charge in [-0.25, -0.2) is 0 Å². The van der Waals surface area contributed by atoms with E-state index < -0.39 is 5.97 Å². The topological polar surface area (TPSA) is 72.5 Å². The van der Waals surface area contributed by atoms with Crippen LogP contribution in [0.4, 0.5) is 0 Å². The second-order valence-electron chi connectivity index (χ2n) is 5.19. The summed E-state index contributed by atoms with van der Waals surface area (Å²) in [6.07, 6.45) is 4.89. The molecule has 2 rings (SSSR count). The number of halogens is 1. The van der Waals surface area contributed by atoms with Crippen molar-refractivity contribution in [3.63, 3.8) is 0 Å². The molecular formula is C15H20BrNO3. The van der Waals surface area contributed by atoms with E-state index >= 15 is 0 Å². The highest BCUT2D eigenvalue weighted by Gasteiger charge is 2.24. The summed E-state index contributed by atoms with van der Waals surface area (Å²) in [4.78, 5) is 10.7. The Kier molecular flexibility index (Phi) is 5.05. The standard InChI is InChI=1S/C15H20BrNO3/c1-20-15-11(16)8-9-4-2-3-5-10(9)14(15)12(17)6-7-13(18)19/h8,12H,2-7,17H2,1H3,(H,18,19). The summed E-state index contributed by atoms with van der Waals surface area (Å²) in [5.74, 6) is -0.0631. The largest absolute Gasteiger partial charge is 0.495 e. The van der Waals surface area contributed by atoms with E-state index in [2.05, 4.69) is 22.0 Å². The van der Waals surface area contributed by atoms with Crippen molar-refractivity contribution in [2.24, 2.45) is 5.73 Å². The molecule has 0 heterocycles. The summed E-state index contributed by atoms with van der Waals surface area (Å²) in [7, 11) is 1.63. The third-order valence-corrected chi connectivity index (χ3v) is 4.43. The van der Waals surface area contributed by atoms with Crippen LogP contribution in [-0.4, -0.2) is 18.2 Å². The third-order valence-electron chi connectivity index (χ3n) is 3.84. The number of aliphatic carboxylic acids is 1. The number of rotatable bonds is 5. The molecule has 4 nitrogen and oxygen atoms in total. The minimum atomic E-state index is -0.816. The van der Waals surface area contributed by atoms with Gasteiger partial charge >= 0.3 is 5.97 Å². The van der Waals surface area contributed by atoms with Crippen LogP contribution in [0.2, 0.25) is 0 Å². The monoisotopic (exact) mass is 341 g/mol. The number of hydrogen-bond acceptors (Lipinski definition) is 3. The van der Waals surface area contributed by atoms with Gasteiger partial charge in [-0.15, -0.1) is 0 Å². The molecule has 0 bridgehead atoms. The maximum Gasteiger partial charge on any atom is 0.303 e. The van der Waals surface area contributed by atoms with Crippen molar-refractivity contribution in [2.45, 2.75) is 44.6 Å². The maximum atomic E-state index is 10.7. The number of benzene rings is 1. The Morgan fingerprint density at radius 3 is 2.85 bits per heavy atom. The van der Waals surface area contributed by atoms with Crippen LogP contribution in [0, 0.1) is 0 Å². The third kappa shape index (κ3) is 3.15. The molecule has 110 valence electrons. The van der Waals surface area contributed by atoms with E-state index in [1.165, 1.54) is 17.5 Å². The van der Waals surface area contributed by atoms with Gasteiger partial charge in [-0.05, 0) is 65.2 Å². The maximum absolute atomic E-state index is 10.7. The van der Waals surface area contributed by atoms with E-state index in [9.17, 15) is 4.79 Å². The van der Waals surface area contributed by atoms with E-state index in [-0.39, 0.29) is 12.5 Å². The van der Waals surface area contributed by atoms with Crippen LogP contribution >= 0.6 is 15.9 Å². The highest BCUT2D eigenvalue weighted by molar-refractivity contribution is 9.10. The summed E-state index contributed by atoms with van der Waals surface area (Å²) < 4.78 is 6.40.